The van der Waals surface area contributed by atoms with Gasteiger partial charge in [-0.25, -0.2) is 4.98 Å². The highest BCUT2D eigenvalue weighted by molar-refractivity contribution is 5.78. The summed E-state index contributed by atoms with van der Waals surface area (Å²) in [5.41, 5.74) is 3.15. The van der Waals surface area contributed by atoms with Gasteiger partial charge in [0.15, 0.2) is 0 Å². The minimum Gasteiger partial charge on any atom is -0.363 e. The Kier molecular flexibility index (Phi) is 4.40. The highest BCUT2D eigenvalue weighted by Gasteiger charge is 2.39. The molecule has 4 rings (SSSR count). The van der Waals surface area contributed by atoms with Crippen LogP contribution in [0.15, 0.2) is 24.4 Å². The topological polar surface area (TPSA) is 72.3 Å². The van der Waals surface area contributed by atoms with Gasteiger partial charge >= 0.3 is 0 Å². The predicted octanol–water partition coefficient (Wildman–Crippen LogP) is 1.43. The van der Waals surface area contributed by atoms with Crippen LogP contribution in [0, 0.1) is 13.8 Å². The molecule has 0 bridgehead atoms. The van der Waals surface area contributed by atoms with E-state index in [1.165, 1.54) is 0 Å². The molecule has 2 aliphatic rings. The first kappa shape index (κ1) is 17.0. The normalized spacial score (nSPS) is 19.6. The van der Waals surface area contributed by atoms with Crippen molar-refractivity contribution in [1.29, 1.82) is 0 Å². The lowest BCUT2D eigenvalue weighted by atomic mass is 9.90. The van der Waals surface area contributed by atoms with Crippen LogP contribution in [-0.2, 0) is 16.1 Å². The summed E-state index contributed by atoms with van der Waals surface area (Å²) in [5.74, 6) is 0.981. The molecule has 1 spiro atoms. The van der Waals surface area contributed by atoms with E-state index in [1.807, 2.05) is 17.8 Å². The van der Waals surface area contributed by atoms with Crippen molar-refractivity contribution in [2.24, 2.45) is 0 Å². The maximum atomic E-state index is 11.3. The molecule has 7 heteroatoms. The van der Waals surface area contributed by atoms with E-state index in [0.717, 1.165) is 55.2 Å². The Bertz CT molecular complexity index is 779. The Hall–Kier alpha value is -2.41. The van der Waals surface area contributed by atoms with Crippen LogP contribution < -0.4 is 10.2 Å². The molecule has 0 aromatic carbocycles. The minimum atomic E-state index is -0.195. The number of carbonyl (C=O) groups is 1. The zero-order chi connectivity index (χ0) is 18.1. The Labute approximate surface area is 153 Å². The van der Waals surface area contributed by atoms with Crippen molar-refractivity contribution in [3.8, 4) is 0 Å². The quantitative estimate of drug-likeness (QED) is 0.902. The number of rotatable bonds is 3. The van der Waals surface area contributed by atoms with E-state index < -0.39 is 0 Å². The fraction of sp³-hybridized carbons (Fsp3) is 0.526. The van der Waals surface area contributed by atoms with E-state index >= 15 is 0 Å². The van der Waals surface area contributed by atoms with Crippen LogP contribution in [0.4, 0.5) is 5.82 Å². The number of aromatic nitrogens is 3. The number of aryl methyl sites for hydroxylation is 2. The number of nitrogens with zero attached hydrogens (tertiary/aromatic N) is 4. The molecule has 2 aliphatic heterocycles. The lowest BCUT2D eigenvalue weighted by Gasteiger charge is -2.44. The summed E-state index contributed by atoms with van der Waals surface area (Å²) in [6, 6.07) is 6.30. The number of piperidine rings is 1. The van der Waals surface area contributed by atoms with Crippen LogP contribution >= 0.6 is 0 Å². The number of morpholine rings is 1. The molecule has 0 unspecified atom stereocenters. The molecule has 138 valence electrons. The number of hydrogen-bond acceptors (Lipinski definition) is 5. The second-order valence-electron chi connectivity index (χ2n) is 7.34. The highest BCUT2D eigenvalue weighted by atomic mass is 16.5. The van der Waals surface area contributed by atoms with Gasteiger partial charge in [0.25, 0.3) is 0 Å². The number of anilines is 1. The van der Waals surface area contributed by atoms with Crippen LogP contribution in [0.2, 0.25) is 0 Å². The Morgan fingerprint density at radius 2 is 2.08 bits per heavy atom. The lowest BCUT2D eigenvalue weighted by Crippen LogP contribution is -2.57. The molecule has 2 aromatic rings. The van der Waals surface area contributed by atoms with Gasteiger partial charge in [-0.15, -0.1) is 0 Å². The number of amides is 1. The van der Waals surface area contributed by atoms with E-state index in [0.29, 0.717) is 6.54 Å². The van der Waals surface area contributed by atoms with Gasteiger partial charge in [-0.1, -0.05) is 6.07 Å². The fourth-order valence-corrected chi connectivity index (χ4v) is 3.75. The molecule has 2 aromatic heterocycles. The van der Waals surface area contributed by atoms with Crippen molar-refractivity contribution < 1.29 is 9.53 Å². The fourth-order valence-electron chi connectivity index (χ4n) is 3.75. The van der Waals surface area contributed by atoms with Crippen LogP contribution in [0.1, 0.15) is 29.8 Å². The summed E-state index contributed by atoms with van der Waals surface area (Å²) in [5, 5.41) is 7.43. The molecule has 0 atom stereocenters. The van der Waals surface area contributed by atoms with Crippen molar-refractivity contribution >= 4 is 11.7 Å². The Balaban J connectivity index is 1.37. The van der Waals surface area contributed by atoms with Gasteiger partial charge in [-0.2, -0.15) is 5.10 Å². The van der Waals surface area contributed by atoms with Crippen LogP contribution in [-0.4, -0.2) is 52.5 Å². The van der Waals surface area contributed by atoms with Crippen LogP contribution in [0.5, 0.6) is 0 Å². The van der Waals surface area contributed by atoms with Gasteiger partial charge in [0, 0.05) is 31.5 Å². The zero-order valence-electron chi connectivity index (χ0n) is 15.4. The van der Waals surface area contributed by atoms with Gasteiger partial charge in [0.2, 0.25) is 5.91 Å². The van der Waals surface area contributed by atoms with Crippen molar-refractivity contribution in [1.82, 2.24) is 20.1 Å². The Morgan fingerprint density at radius 3 is 2.65 bits per heavy atom. The monoisotopic (exact) mass is 355 g/mol. The number of ether oxygens (including phenoxy) is 1. The second kappa shape index (κ2) is 6.72. The summed E-state index contributed by atoms with van der Waals surface area (Å²) in [4.78, 5) is 18.2. The zero-order valence-corrected chi connectivity index (χ0v) is 15.4. The standard InChI is InChI=1S/C19H25N5O2/c1-14-9-15(2)24(22-14)11-16-3-4-17(20-10-16)23-7-5-19(6-8-23)13-21-18(25)12-26-19/h3-4,9-10H,5-8,11-13H2,1-2H3,(H,21,25). The second-order valence-corrected chi connectivity index (χ2v) is 7.34. The first-order valence-corrected chi connectivity index (χ1v) is 9.15. The summed E-state index contributed by atoms with van der Waals surface area (Å²) < 4.78 is 7.84. The van der Waals surface area contributed by atoms with Gasteiger partial charge in [-0.3, -0.25) is 9.48 Å². The van der Waals surface area contributed by atoms with E-state index in [9.17, 15) is 4.79 Å². The van der Waals surface area contributed by atoms with Crippen molar-refractivity contribution in [2.75, 3.05) is 31.1 Å². The molecule has 4 heterocycles. The number of nitrogens with one attached hydrogen (secondary N) is 1. The summed E-state index contributed by atoms with van der Waals surface area (Å²) in [6.07, 6.45) is 3.75. The van der Waals surface area contributed by atoms with Gasteiger partial charge in [-0.05, 0) is 44.4 Å². The number of hydrogen-bond donors (Lipinski definition) is 1. The summed E-state index contributed by atoms with van der Waals surface area (Å²) >= 11 is 0. The lowest BCUT2D eigenvalue weighted by molar-refractivity contribution is -0.146. The summed E-state index contributed by atoms with van der Waals surface area (Å²) in [6.45, 7) is 7.40. The molecule has 0 aliphatic carbocycles. The summed E-state index contributed by atoms with van der Waals surface area (Å²) in [7, 11) is 0. The molecule has 0 saturated carbocycles. The number of carbonyl (C=O) groups excluding carboxylic acids is 1. The first-order chi connectivity index (χ1) is 12.5. The largest absolute Gasteiger partial charge is 0.363 e. The third-order valence-corrected chi connectivity index (χ3v) is 5.36. The van der Waals surface area contributed by atoms with Gasteiger partial charge in [0.05, 0.1) is 17.8 Å². The molecule has 1 N–H and O–H groups in total. The molecular weight excluding hydrogens is 330 g/mol. The molecule has 0 radical (unpaired) electrons. The minimum absolute atomic E-state index is 0.0158. The van der Waals surface area contributed by atoms with E-state index in [2.05, 4.69) is 45.4 Å². The molecule has 2 saturated heterocycles. The highest BCUT2D eigenvalue weighted by Crippen LogP contribution is 2.29. The van der Waals surface area contributed by atoms with Crippen molar-refractivity contribution in [2.45, 2.75) is 38.8 Å². The van der Waals surface area contributed by atoms with E-state index in [-0.39, 0.29) is 18.1 Å². The average molecular weight is 355 g/mol. The maximum absolute atomic E-state index is 11.3. The third kappa shape index (κ3) is 3.44. The first-order valence-electron chi connectivity index (χ1n) is 9.15. The average Bonchev–Trinajstić information content (AvgIpc) is 2.96. The third-order valence-electron chi connectivity index (χ3n) is 5.36. The van der Waals surface area contributed by atoms with Gasteiger partial charge in [0.1, 0.15) is 12.4 Å². The van der Waals surface area contributed by atoms with Gasteiger partial charge < -0.3 is 15.0 Å². The van der Waals surface area contributed by atoms with E-state index in [4.69, 9.17) is 4.74 Å². The molecule has 2 fully saturated rings. The predicted molar refractivity (Wildman–Crippen MR) is 98.2 cm³/mol. The molecule has 7 nitrogen and oxygen atoms in total. The SMILES string of the molecule is Cc1cc(C)n(Cc2ccc(N3CCC4(CC3)CNC(=O)CO4)nc2)n1. The molecule has 1 amide bonds. The van der Waals surface area contributed by atoms with Crippen molar-refractivity contribution in [3.63, 3.8) is 0 Å². The van der Waals surface area contributed by atoms with Crippen molar-refractivity contribution in [3.05, 3.63) is 41.3 Å². The smallest absolute Gasteiger partial charge is 0.246 e. The van der Waals surface area contributed by atoms with Crippen LogP contribution in [0.25, 0.3) is 0 Å². The molecular formula is C19H25N5O2. The number of pyridine rings is 1. The van der Waals surface area contributed by atoms with E-state index in [1.54, 1.807) is 0 Å². The molecule has 26 heavy (non-hydrogen) atoms. The van der Waals surface area contributed by atoms with Crippen LogP contribution in [0.3, 0.4) is 0 Å². The Morgan fingerprint density at radius 1 is 1.27 bits per heavy atom. The maximum Gasteiger partial charge on any atom is 0.246 e.